The average molecular weight is 1610 g/mol. The van der Waals surface area contributed by atoms with Crippen molar-refractivity contribution in [1.82, 2.24) is 67.9 Å². The summed E-state index contributed by atoms with van der Waals surface area (Å²) in [5, 5.41) is 78.4. The summed E-state index contributed by atoms with van der Waals surface area (Å²) >= 11 is 0. The number of nitro benzene ring substituents is 1. The number of rotatable bonds is 28. The van der Waals surface area contributed by atoms with Gasteiger partial charge in [-0.2, -0.15) is 0 Å². The summed E-state index contributed by atoms with van der Waals surface area (Å²) in [7, 11) is 1.59. The molecule has 4 fully saturated rings. The van der Waals surface area contributed by atoms with Crippen LogP contribution in [-0.2, 0) is 84.8 Å². The number of carbonyl (C=O) groups excluding carboxylic acids is 13. The Balaban J connectivity index is 1.47. The van der Waals surface area contributed by atoms with Crippen LogP contribution in [0.1, 0.15) is 123 Å². The first-order valence-electron chi connectivity index (χ1n) is 37.2. The van der Waals surface area contributed by atoms with E-state index in [2.05, 4.69) is 58.2 Å². The number of nitrogens with one attached hydrogen (secondary N) is 10. The first-order valence-corrected chi connectivity index (χ1v) is 39.7. The van der Waals surface area contributed by atoms with Gasteiger partial charge in [0, 0.05) is 56.2 Å². The van der Waals surface area contributed by atoms with E-state index in [1.54, 1.807) is 58.0 Å². The molecule has 616 valence electrons. The SMILES string of the molecule is CC[C@H](C)[C@@H]1NC(=O)[C@@H]2CCCN2C(=O)[C@@H]2CCCN2C(=O)[C@H]([C@@H](C)CC)NC(=O)[C@H](CO)NC(=O)[C@H](CCc2ccc([N+](=O)[O-])cc2)NC(=O)[C@H]([C@@H](C)O)NC(=O)[C@@H](NC(=O)[C@H](CCCN=C(N)N)NC(=O)CN)CSSC[C@@H](C(=O)N[C@@H](Cc2ccccc2)C(=O)N2CCC[C@H]2C(=O)N[C@@H](CC(=O)O)C(=O)O)NC1=O. The molecule has 0 aromatic heterocycles. The lowest BCUT2D eigenvalue weighted by molar-refractivity contribution is -0.384. The van der Waals surface area contributed by atoms with Gasteiger partial charge in [0.1, 0.15) is 78.5 Å². The monoisotopic (exact) mass is 1610 g/mol. The number of amides is 13. The van der Waals surface area contributed by atoms with Crippen molar-refractivity contribution < 1.29 is 97.3 Å². The van der Waals surface area contributed by atoms with Crippen LogP contribution in [0.25, 0.3) is 0 Å². The molecule has 20 N–H and O–H groups in total. The highest BCUT2D eigenvalue weighted by Crippen LogP contribution is 2.29. The van der Waals surface area contributed by atoms with Gasteiger partial charge in [-0.15, -0.1) is 0 Å². The number of aryl methyl sites for hydroxylation is 1. The first-order chi connectivity index (χ1) is 53.2. The molecule has 13 amide bonds. The Morgan fingerprint density at radius 2 is 1.23 bits per heavy atom. The number of non-ortho nitro benzene ring substituents is 1. The van der Waals surface area contributed by atoms with Gasteiger partial charge in [0.2, 0.25) is 76.8 Å². The van der Waals surface area contributed by atoms with Crippen molar-refractivity contribution in [3.63, 3.8) is 0 Å². The number of nitro groups is 1. The average Bonchev–Trinajstić information content (AvgIpc) is 1.62. The largest absolute Gasteiger partial charge is 0.481 e. The van der Waals surface area contributed by atoms with E-state index in [-0.39, 0.29) is 108 Å². The van der Waals surface area contributed by atoms with Crippen molar-refractivity contribution in [2.75, 3.05) is 50.8 Å². The smallest absolute Gasteiger partial charge is 0.326 e. The van der Waals surface area contributed by atoms with E-state index in [9.17, 15) is 88.1 Å². The van der Waals surface area contributed by atoms with Crippen molar-refractivity contribution in [2.24, 2.45) is 34.0 Å². The lowest BCUT2D eigenvalue weighted by atomic mass is 9.96. The second kappa shape index (κ2) is 44.1. The Morgan fingerprint density at radius 3 is 1.84 bits per heavy atom. The molecule has 2 aromatic carbocycles. The third-order valence-electron chi connectivity index (χ3n) is 19.9. The molecule has 4 saturated heterocycles. The lowest BCUT2D eigenvalue weighted by Crippen LogP contribution is -2.62. The second-order valence-corrected chi connectivity index (χ2v) is 30.6. The minimum atomic E-state index is -2.02. The molecule has 41 heteroatoms. The molecule has 2 aromatic rings. The molecular formula is C71H104N18O21S2. The van der Waals surface area contributed by atoms with Gasteiger partial charge in [0.25, 0.3) is 5.69 Å². The van der Waals surface area contributed by atoms with Crippen molar-refractivity contribution >= 4 is 122 Å². The second-order valence-electron chi connectivity index (χ2n) is 28.0. The minimum Gasteiger partial charge on any atom is -0.481 e. The van der Waals surface area contributed by atoms with Crippen LogP contribution >= 0.6 is 21.6 Å². The molecule has 16 atom stereocenters. The van der Waals surface area contributed by atoms with Crippen molar-refractivity contribution in [3.05, 3.63) is 75.8 Å². The minimum absolute atomic E-state index is 0.00235. The van der Waals surface area contributed by atoms with E-state index >= 15 is 14.4 Å². The summed E-state index contributed by atoms with van der Waals surface area (Å²) in [4.78, 5) is 233. The summed E-state index contributed by atoms with van der Waals surface area (Å²) in [5.41, 5.74) is 17.3. The number of fused-ring (bicyclic) bond motifs is 2. The van der Waals surface area contributed by atoms with Gasteiger partial charge < -0.3 is 105 Å². The van der Waals surface area contributed by atoms with E-state index in [0.29, 0.717) is 24.0 Å². The number of aliphatic hydroxyl groups excluding tert-OH is 2. The van der Waals surface area contributed by atoms with Gasteiger partial charge in [0.15, 0.2) is 5.96 Å². The Bertz CT molecular complexity index is 3730. The van der Waals surface area contributed by atoms with E-state index in [4.69, 9.17) is 17.2 Å². The molecule has 0 bridgehead atoms. The standard InChI is InChI=1S/C71H104N18O21S2/c1-6-37(3)55-65(102)82-48(61(98)78-45(31-41-15-9-8-10-16-41)67(104)86-28-12-18-50(86)63(100)79-46(70(107)108)32-54(93)94)35-111-112-36-49(81-58(95)43(76-53(92)33-72)17-11-27-75-71(73)74)62(99)85-57(39(5)91)66(103)77-44(26-23-40-21-24-42(25-22-40)89(109)110)59(96)80-47(34-90)60(97)84-56(38(4)7-2)69(106)88-30-14-20-52(88)68(105)87-29-13-19-51(87)64(101)83-55/h8-10,15-16,21-22,24-25,37-39,43-52,55-57,90-91H,6-7,11-14,17-20,23,26-36,72H2,1-5H3,(H,76,92)(H,77,103)(H,78,98)(H,79,100)(H,80,96)(H,81,95)(H,82,102)(H,83,101)(H,84,97)(H,85,99)(H,93,94)(H,107,108)(H4,73,74,75)/t37-,38-,39+,43-,44-,45-,46-,47-,48-,49-,50-,51-,52-,55-,56-,57-/m0/s1. The number of hydrogen-bond acceptors (Lipinski definition) is 23. The first kappa shape index (κ1) is 90.6. The Morgan fingerprint density at radius 1 is 0.652 bits per heavy atom. The number of nitrogens with two attached hydrogens (primary N) is 3. The normalized spacial score (nSPS) is 24.4. The molecular weight excluding hydrogens is 1510 g/mol. The zero-order chi connectivity index (χ0) is 82.6. The van der Waals surface area contributed by atoms with Gasteiger partial charge in [-0.05, 0) is 94.1 Å². The predicted molar refractivity (Wildman–Crippen MR) is 407 cm³/mol. The fourth-order valence-electron chi connectivity index (χ4n) is 13.2. The van der Waals surface area contributed by atoms with E-state index in [0.717, 1.165) is 33.4 Å². The number of carboxylic acids is 2. The van der Waals surface area contributed by atoms with Crippen LogP contribution in [0.5, 0.6) is 0 Å². The number of aliphatic imine (C=N–C) groups is 1. The van der Waals surface area contributed by atoms with E-state index < -0.39 is 221 Å². The van der Waals surface area contributed by atoms with Gasteiger partial charge in [0.05, 0.1) is 30.6 Å². The molecule has 4 aliphatic rings. The summed E-state index contributed by atoms with van der Waals surface area (Å²) in [6.45, 7) is 6.10. The molecule has 0 saturated carbocycles. The molecule has 6 rings (SSSR count). The summed E-state index contributed by atoms with van der Waals surface area (Å²) in [6, 6.07) is -7.14. The fraction of sp³-hybridized carbons (Fsp3) is 0.606. The van der Waals surface area contributed by atoms with Crippen LogP contribution in [0.4, 0.5) is 5.69 Å². The third kappa shape index (κ3) is 26.2. The van der Waals surface area contributed by atoms with Crippen molar-refractivity contribution in [3.8, 4) is 0 Å². The van der Waals surface area contributed by atoms with E-state index in [1.165, 1.54) is 34.1 Å². The van der Waals surface area contributed by atoms with Crippen LogP contribution < -0.4 is 70.4 Å². The molecule has 0 spiro atoms. The highest BCUT2D eigenvalue weighted by Gasteiger charge is 2.47. The zero-order valence-corrected chi connectivity index (χ0v) is 64.6. The number of benzene rings is 2. The van der Waals surface area contributed by atoms with Gasteiger partial charge in [-0.25, -0.2) is 4.79 Å². The Hall–Kier alpha value is -10.3. The summed E-state index contributed by atoms with van der Waals surface area (Å²) in [5.74, 6) is -18.2. The van der Waals surface area contributed by atoms with Crippen molar-refractivity contribution in [1.29, 1.82) is 0 Å². The molecule has 0 aliphatic carbocycles. The quantitative estimate of drug-likeness (QED) is 0.00965. The van der Waals surface area contributed by atoms with E-state index in [1.807, 2.05) is 0 Å². The number of aliphatic hydroxyl groups is 2. The maximum atomic E-state index is 15.4. The van der Waals surface area contributed by atoms with Gasteiger partial charge in [-0.1, -0.05) is 105 Å². The van der Waals surface area contributed by atoms with Crippen LogP contribution in [0.15, 0.2) is 59.6 Å². The van der Waals surface area contributed by atoms with Crippen LogP contribution in [-0.4, -0.2) is 270 Å². The molecule has 112 heavy (non-hydrogen) atoms. The predicted octanol–water partition coefficient (Wildman–Crippen LogP) is -3.98. The van der Waals surface area contributed by atoms with Gasteiger partial charge >= 0.3 is 11.9 Å². The van der Waals surface area contributed by atoms with Crippen molar-refractivity contribution in [2.45, 2.75) is 209 Å². The molecule has 4 heterocycles. The van der Waals surface area contributed by atoms with Crippen LogP contribution in [0.3, 0.4) is 0 Å². The Labute approximate surface area is 654 Å². The summed E-state index contributed by atoms with van der Waals surface area (Å²) < 4.78 is 0. The Kier molecular flexibility index (Phi) is 35.7. The summed E-state index contributed by atoms with van der Waals surface area (Å²) in [6.07, 6.45) is -2.06. The van der Waals surface area contributed by atoms with Gasteiger partial charge in [-0.3, -0.25) is 82.2 Å². The molecule has 39 nitrogen and oxygen atoms in total. The number of carbonyl (C=O) groups is 15. The number of guanidine groups is 1. The number of nitrogens with zero attached hydrogens (tertiary/aromatic N) is 5. The zero-order valence-electron chi connectivity index (χ0n) is 63.0. The molecule has 0 unspecified atom stereocenters. The maximum Gasteiger partial charge on any atom is 0.326 e. The molecule has 4 aliphatic heterocycles. The number of hydrogen-bond donors (Lipinski definition) is 17. The fourth-order valence-corrected chi connectivity index (χ4v) is 15.6. The number of aliphatic carboxylic acids is 2. The number of likely N-dealkylation sites (tertiary alicyclic amines) is 1. The third-order valence-corrected chi connectivity index (χ3v) is 22.4. The lowest BCUT2D eigenvalue weighted by Gasteiger charge is -2.35. The van der Waals surface area contributed by atoms with Crippen LogP contribution in [0, 0.1) is 22.0 Å². The number of carboxylic acid groups (broad SMARTS) is 2. The molecule has 0 radical (unpaired) electrons. The maximum absolute atomic E-state index is 15.4. The topological polar surface area (TPSA) is 601 Å². The highest BCUT2D eigenvalue weighted by atomic mass is 33.1. The van der Waals surface area contributed by atoms with Crippen LogP contribution in [0.2, 0.25) is 0 Å². The highest BCUT2D eigenvalue weighted by molar-refractivity contribution is 8.76.